The number of nitrogens with zero attached hydrogens (tertiary/aromatic N) is 3. The second-order valence-corrected chi connectivity index (χ2v) is 32.5. The van der Waals surface area contributed by atoms with E-state index in [0.29, 0.717) is 0 Å². The van der Waals surface area contributed by atoms with E-state index in [0.717, 1.165) is 62.1 Å². The van der Waals surface area contributed by atoms with Crippen molar-refractivity contribution in [3.05, 3.63) is 338 Å². The van der Waals surface area contributed by atoms with Crippen molar-refractivity contribution in [1.29, 1.82) is 0 Å². The molecule has 0 heterocycles. The summed E-state index contributed by atoms with van der Waals surface area (Å²) in [5.74, 6) is 0. The molecule has 3 heteroatoms. The van der Waals surface area contributed by atoms with Gasteiger partial charge in [0.25, 0.3) is 0 Å². The van der Waals surface area contributed by atoms with Crippen LogP contribution in [0.5, 0.6) is 0 Å². The maximum atomic E-state index is 2.45. The summed E-state index contributed by atoms with van der Waals surface area (Å²) in [6.45, 7) is 43.2. The number of benzene rings is 12. The Bertz CT molecular complexity index is 4610. The van der Waals surface area contributed by atoms with Crippen molar-refractivity contribution in [3.8, 4) is 33.4 Å². The van der Waals surface area contributed by atoms with Gasteiger partial charge in [0.2, 0.25) is 0 Å². The van der Waals surface area contributed by atoms with Crippen molar-refractivity contribution < 1.29 is 0 Å². The zero-order valence-corrected chi connectivity index (χ0v) is 62.1. The van der Waals surface area contributed by atoms with Gasteiger partial charge >= 0.3 is 0 Å². The van der Waals surface area contributed by atoms with Crippen molar-refractivity contribution in [2.24, 2.45) is 0 Å². The smallest absolute Gasteiger partial charge is 0.0713 e. The summed E-state index contributed by atoms with van der Waals surface area (Å²) in [6, 6.07) is 97.4. The number of anilines is 9. The molecule has 0 N–H and O–H groups in total. The van der Waals surface area contributed by atoms with E-state index in [9.17, 15) is 0 Å². The first-order valence-corrected chi connectivity index (χ1v) is 35.6. The fraction of sp³-hybridized carbons (Fsp3) is 0.250. The fourth-order valence-electron chi connectivity index (χ4n) is 15.2. The lowest BCUT2D eigenvalue weighted by molar-refractivity contribution is 0.589. The lowest BCUT2D eigenvalue weighted by atomic mass is 9.67. The highest BCUT2D eigenvalue weighted by Crippen LogP contribution is 2.57. The van der Waals surface area contributed by atoms with Crippen LogP contribution in [0, 0.1) is 48.5 Å². The third kappa shape index (κ3) is 13.0. The second-order valence-electron chi connectivity index (χ2n) is 32.5. The van der Waals surface area contributed by atoms with Crippen LogP contribution >= 0.6 is 0 Å². The summed E-state index contributed by atoms with van der Waals surface area (Å²) in [4.78, 5) is 7.32. The van der Waals surface area contributed by atoms with Gasteiger partial charge in [-0.05, 0) is 255 Å². The number of rotatable bonds is 13. The topological polar surface area (TPSA) is 9.72 Å². The highest BCUT2D eigenvalue weighted by molar-refractivity contribution is 5.89. The maximum Gasteiger partial charge on any atom is 0.0713 e. The molecule has 0 atom stereocenters. The van der Waals surface area contributed by atoms with Gasteiger partial charge in [-0.1, -0.05) is 270 Å². The molecule has 0 spiro atoms. The summed E-state index contributed by atoms with van der Waals surface area (Å²) in [5, 5.41) is 0. The molecule has 12 aromatic rings. The molecule has 0 aliphatic heterocycles. The van der Waals surface area contributed by atoms with Crippen LogP contribution in [0.1, 0.15) is 167 Å². The van der Waals surface area contributed by atoms with Crippen LogP contribution in [0.15, 0.2) is 255 Å². The minimum Gasteiger partial charge on any atom is -0.311 e. The monoisotopic (exact) mass is 1290 g/mol. The Labute approximate surface area is 592 Å². The normalized spacial score (nSPS) is 12.9. The van der Waals surface area contributed by atoms with Crippen molar-refractivity contribution in [2.45, 2.75) is 159 Å². The molecule has 0 radical (unpaired) electrons. The van der Waals surface area contributed by atoms with Gasteiger partial charge < -0.3 is 14.7 Å². The van der Waals surface area contributed by atoms with Gasteiger partial charge in [0.15, 0.2) is 0 Å². The SMILES string of the molecule is Cc1ccc(C2(c3ccc(N(c4ccc(-c5ccc(N(c6ccc(C(C)(C)C)cc6)c6c(C)cc(C(C)(C)C)cc6C)cc5)cc4)c4ccc(-c5ccc(N(c6ccc(C(C)(C)C)cc6)c6c(C)cc(C(C)(C)C)cc6C)cc5)cc4)cc3)c3cc(C)ccc3-c3ccc(C)cc32)cc1. The van der Waals surface area contributed by atoms with Crippen molar-refractivity contribution in [2.75, 3.05) is 14.7 Å². The fourth-order valence-corrected chi connectivity index (χ4v) is 15.2. The standard InChI is InChI=1S/C96H99N3/c1-62-20-32-75(33-21-62)96(88-56-63(2)22-54-86(88)87-55-23-64(3)57-89(87)96)76-38-52-81(53-39-76)97(79-40-24-69(25-41-79)71-28-44-82(45-29-71)98(84-48-34-73(35-49-84)92(8,9)10)90-65(4)58-77(59-66(90)5)94(14,15)16)80-42-26-70(27-43-80)72-30-46-83(47-31-72)99(85-50-36-74(37-51-85)93(11,12)13)91-67(6)60-78(61-68(91)7)95(17,18)19/h20-61H,1-19H3. The first-order valence-electron chi connectivity index (χ1n) is 35.6. The van der Waals surface area contributed by atoms with E-state index in [2.05, 4.69) is 401 Å². The minimum atomic E-state index is -0.529. The zero-order chi connectivity index (χ0) is 70.3. The Balaban J connectivity index is 0.888. The quantitative estimate of drug-likeness (QED) is 0.114. The highest BCUT2D eigenvalue weighted by Gasteiger charge is 2.46. The van der Waals surface area contributed by atoms with Crippen LogP contribution in [0.2, 0.25) is 0 Å². The van der Waals surface area contributed by atoms with Crippen LogP contribution in [-0.2, 0) is 27.1 Å². The van der Waals surface area contributed by atoms with E-state index in [4.69, 9.17) is 0 Å². The van der Waals surface area contributed by atoms with Crippen LogP contribution in [0.4, 0.5) is 51.2 Å². The number of hydrogen-bond acceptors (Lipinski definition) is 3. The molecule has 0 unspecified atom stereocenters. The van der Waals surface area contributed by atoms with Crippen LogP contribution < -0.4 is 14.7 Å². The predicted octanol–water partition coefficient (Wildman–Crippen LogP) is 27.1. The van der Waals surface area contributed by atoms with Gasteiger partial charge in [-0.2, -0.15) is 0 Å². The molecule has 1 aliphatic rings. The molecular weight excluding hydrogens is 1200 g/mol. The van der Waals surface area contributed by atoms with Crippen LogP contribution in [0.25, 0.3) is 33.4 Å². The molecule has 0 aromatic heterocycles. The Hall–Kier alpha value is -9.96. The van der Waals surface area contributed by atoms with E-state index >= 15 is 0 Å². The first kappa shape index (κ1) is 67.6. The molecule has 12 aromatic carbocycles. The third-order valence-corrected chi connectivity index (χ3v) is 20.8. The summed E-state index contributed by atoms with van der Waals surface area (Å²) in [5.41, 5.74) is 36.3. The Morgan fingerprint density at radius 3 is 0.727 bits per heavy atom. The van der Waals surface area contributed by atoms with Gasteiger partial charge in [-0.15, -0.1) is 0 Å². The minimum absolute atomic E-state index is 0.0370. The molecule has 13 rings (SSSR count). The number of hydrogen-bond donors (Lipinski definition) is 0. The number of aryl methyl sites for hydroxylation is 7. The zero-order valence-electron chi connectivity index (χ0n) is 62.1. The van der Waals surface area contributed by atoms with Gasteiger partial charge in [0.1, 0.15) is 0 Å². The van der Waals surface area contributed by atoms with Gasteiger partial charge in [0.05, 0.1) is 16.8 Å². The largest absolute Gasteiger partial charge is 0.311 e. The van der Waals surface area contributed by atoms with Gasteiger partial charge in [-0.25, -0.2) is 0 Å². The highest BCUT2D eigenvalue weighted by atomic mass is 15.2. The van der Waals surface area contributed by atoms with Gasteiger partial charge in [0, 0.05) is 39.8 Å². The van der Waals surface area contributed by atoms with E-state index in [-0.39, 0.29) is 21.7 Å². The molecular formula is C96H99N3. The molecule has 0 bridgehead atoms. The maximum absolute atomic E-state index is 2.45. The third-order valence-electron chi connectivity index (χ3n) is 20.8. The average Bonchev–Trinajstić information content (AvgIpc) is 1.55. The van der Waals surface area contributed by atoms with E-state index in [1.54, 1.807) is 0 Å². The molecule has 0 amide bonds. The summed E-state index contributed by atoms with van der Waals surface area (Å²) in [7, 11) is 0. The summed E-state index contributed by atoms with van der Waals surface area (Å²) in [6.07, 6.45) is 0. The predicted molar refractivity (Wildman–Crippen MR) is 427 cm³/mol. The lowest BCUT2D eigenvalue weighted by Gasteiger charge is -2.35. The molecule has 0 saturated carbocycles. The first-order chi connectivity index (χ1) is 46.9. The van der Waals surface area contributed by atoms with E-state index in [1.165, 1.54) is 106 Å². The van der Waals surface area contributed by atoms with Crippen molar-refractivity contribution in [3.63, 3.8) is 0 Å². The average molecular weight is 1290 g/mol. The summed E-state index contributed by atoms with van der Waals surface area (Å²) >= 11 is 0. The Morgan fingerprint density at radius 1 is 0.222 bits per heavy atom. The van der Waals surface area contributed by atoms with Crippen LogP contribution in [0.3, 0.4) is 0 Å². The molecule has 1 aliphatic carbocycles. The van der Waals surface area contributed by atoms with Crippen molar-refractivity contribution in [1.82, 2.24) is 0 Å². The van der Waals surface area contributed by atoms with E-state index in [1.807, 2.05) is 0 Å². The number of fused-ring (bicyclic) bond motifs is 3. The molecule has 3 nitrogen and oxygen atoms in total. The molecule has 0 fully saturated rings. The second kappa shape index (κ2) is 25.7. The van der Waals surface area contributed by atoms with E-state index < -0.39 is 5.41 Å². The Kier molecular flexibility index (Phi) is 17.6. The lowest BCUT2D eigenvalue weighted by Crippen LogP contribution is -2.29. The van der Waals surface area contributed by atoms with Gasteiger partial charge in [-0.3, -0.25) is 0 Å². The molecule has 498 valence electrons. The van der Waals surface area contributed by atoms with Crippen molar-refractivity contribution >= 4 is 51.2 Å². The Morgan fingerprint density at radius 2 is 0.455 bits per heavy atom. The molecule has 99 heavy (non-hydrogen) atoms. The summed E-state index contributed by atoms with van der Waals surface area (Å²) < 4.78 is 0. The van der Waals surface area contributed by atoms with Crippen LogP contribution in [-0.4, -0.2) is 0 Å². The molecule has 0 saturated heterocycles.